The van der Waals surface area contributed by atoms with E-state index in [1.54, 1.807) is 0 Å². The van der Waals surface area contributed by atoms with Crippen LogP contribution in [0.3, 0.4) is 0 Å². The average molecular weight is 271 g/mol. The highest BCUT2D eigenvalue weighted by Gasteiger charge is 2.22. The summed E-state index contributed by atoms with van der Waals surface area (Å²) < 4.78 is 0. The van der Waals surface area contributed by atoms with Gasteiger partial charge in [-0.05, 0) is 24.6 Å². The number of hydrogen-bond acceptors (Lipinski definition) is 3. The van der Waals surface area contributed by atoms with E-state index in [1.165, 1.54) is 17.9 Å². The summed E-state index contributed by atoms with van der Waals surface area (Å²) in [6.45, 7) is 2.29. The van der Waals surface area contributed by atoms with Gasteiger partial charge in [-0.1, -0.05) is 18.5 Å². The largest absolute Gasteiger partial charge is 0.380 e. The number of nitrogens with zero attached hydrogens (tertiary/aromatic N) is 1. The summed E-state index contributed by atoms with van der Waals surface area (Å²) in [5, 5.41) is 5.16. The summed E-state index contributed by atoms with van der Waals surface area (Å²) in [5.74, 6) is 1.18. The molecule has 4 heteroatoms. The van der Waals surface area contributed by atoms with Crippen LogP contribution in [0.2, 0.25) is 5.02 Å². The Hall–Kier alpha value is -0.540. The Balaban J connectivity index is 2.16. The van der Waals surface area contributed by atoms with Gasteiger partial charge in [0.1, 0.15) is 0 Å². The molecule has 0 amide bonds. The van der Waals surface area contributed by atoms with Crippen molar-refractivity contribution in [1.29, 1.82) is 0 Å². The molecule has 2 unspecified atom stereocenters. The van der Waals surface area contributed by atoms with E-state index in [0.29, 0.717) is 6.04 Å². The summed E-state index contributed by atoms with van der Waals surface area (Å²) in [7, 11) is 4.11. The van der Waals surface area contributed by atoms with Gasteiger partial charge in [0.15, 0.2) is 0 Å². The standard InChI is InChI=1S/C13H19ClN2S/c1-9-6-11(8-17-9)15-12-7-10(14)4-5-13(12)16(2)3/h4-5,7,9,11,15H,6,8H2,1-3H3. The van der Waals surface area contributed by atoms with Gasteiger partial charge in [0.2, 0.25) is 0 Å². The number of benzene rings is 1. The molecule has 1 fully saturated rings. The summed E-state index contributed by atoms with van der Waals surface area (Å²) in [6, 6.07) is 6.58. The maximum Gasteiger partial charge on any atom is 0.0597 e. The number of rotatable bonds is 3. The highest BCUT2D eigenvalue weighted by Crippen LogP contribution is 2.33. The molecular weight excluding hydrogens is 252 g/mol. The van der Waals surface area contributed by atoms with Gasteiger partial charge in [-0.25, -0.2) is 0 Å². The highest BCUT2D eigenvalue weighted by atomic mass is 35.5. The number of hydrogen-bond donors (Lipinski definition) is 1. The van der Waals surface area contributed by atoms with Crippen molar-refractivity contribution in [2.24, 2.45) is 0 Å². The van der Waals surface area contributed by atoms with Crippen LogP contribution in [-0.2, 0) is 0 Å². The van der Waals surface area contributed by atoms with E-state index in [1.807, 2.05) is 23.9 Å². The van der Waals surface area contributed by atoms with Gasteiger partial charge < -0.3 is 10.2 Å². The molecule has 1 aliphatic rings. The molecule has 0 spiro atoms. The van der Waals surface area contributed by atoms with E-state index in [-0.39, 0.29) is 0 Å². The van der Waals surface area contributed by atoms with Gasteiger partial charge in [-0.15, -0.1) is 0 Å². The van der Waals surface area contributed by atoms with E-state index in [2.05, 4.69) is 37.3 Å². The van der Waals surface area contributed by atoms with Crippen LogP contribution in [0.4, 0.5) is 11.4 Å². The number of thioether (sulfide) groups is 1. The van der Waals surface area contributed by atoms with Crippen molar-refractivity contribution in [3.63, 3.8) is 0 Å². The molecule has 2 nitrogen and oxygen atoms in total. The van der Waals surface area contributed by atoms with Crippen LogP contribution in [0.15, 0.2) is 18.2 Å². The summed E-state index contributed by atoms with van der Waals surface area (Å²) >= 11 is 8.11. The molecule has 0 aliphatic carbocycles. The monoisotopic (exact) mass is 270 g/mol. The van der Waals surface area contributed by atoms with E-state index in [9.17, 15) is 0 Å². The summed E-state index contributed by atoms with van der Waals surface area (Å²) in [6.07, 6.45) is 1.23. The third-order valence-electron chi connectivity index (χ3n) is 3.00. The smallest absolute Gasteiger partial charge is 0.0597 e. The van der Waals surface area contributed by atoms with Gasteiger partial charge in [0, 0.05) is 36.2 Å². The third-order valence-corrected chi connectivity index (χ3v) is 4.59. The predicted molar refractivity (Wildman–Crippen MR) is 79.7 cm³/mol. The lowest BCUT2D eigenvalue weighted by Gasteiger charge is -2.21. The van der Waals surface area contributed by atoms with Crippen LogP contribution in [0.25, 0.3) is 0 Å². The van der Waals surface area contributed by atoms with Crippen molar-refractivity contribution in [1.82, 2.24) is 0 Å². The molecule has 2 rings (SSSR count). The molecule has 1 aliphatic heterocycles. The van der Waals surface area contributed by atoms with Gasteiger partial charge in [0.05, 0.1) is 11.4 Å². The van der Waals surface area contributed by atoms with Crippen molar-refractivity contribution in [3.8, 4) is 0 Å². The highest BCUT2D eigenvalue weighted by molar-refractivity contribution is 8.00. The fraction of sp³-hybridized carbons (Fsp3) is 0.538. The Morgan fingerprint density at radius 2 is 2.18 bits per heavy atom. The van der Waals surface area contributed by atoms with E-state index in [4.69, 9.17) is 11.6 Å². The lowest BCUT2D eigenvalue weighted by molar-refractivity contribution is 0.747. The van der Waals surface area contributed by atoms with Gasteiger partial charge in [-0.3, -0.25) is 0 Å². The van der Waals surface area contributed by atoms with Crippen molar-refractivity contribution >= 4 is 34.7 Å². The second kappa shape index (κ2) is 5.40. The van der Waals surface area contributed by atoms with Gasteiger partial charge in [-0.2, -0.15) is 11.8 Å². The molecule has 17 heavy (non-hydrogen) atoms. The maximum absolute atomic E-state index is 6.07. The molecule has 2 atom stereocenters. The zero-order valence-corrected chi connectivity index (χ0v) is 12.1. The number of anilines is 2. The lowest BCUT2D eigenvalue weighted by Crippen LogP contribution is -2.21. The fourth-order valence-electron chi connectivity index (χ4n) is 2.15. The minimum atomic E-state index is 0.562. The Labute approximate surface area is 113 Å². The van der Waals surface area contributed by atoms with Crippen molar-refractivity contribution in [2.45, 2.75) is 24.6 Å². The first-order chi connectivity index (χ1) is 8.06. The average Bonchev–Trinajstić information content (AvgIpc) is 2.63. The Kier molecular flexibility index (Phi) is 4.10. The SMILES string of the molecule is CC1CC(Nc2cc(Cl)ccc2N(C)C)CS1. The van der Waals surface area contributed by atoms with Crippen molar-refractivity contribution in [2.75, 3.05) is 30.1 Å². The Bertz CT molecular complexity index is 395. The molecular formula is C13H19ClN2S. The topological polar surface area (TPSA) is 15.3 Å². The third kappa shape index (κ3) is 3.23. The minimum absolute atomic E-state index is 0.562. The second-order valence-electron chi connectivity index (χ2n) is 4.78. The quantitative estimate of drug-likeness (QED) is 0.901. The zero-order chi connectivity index (χ0) is 12.4. The van der Waals surface area contributed by atoms with Crippen LogP contribution < -0.4 is 10.2 Å². The minimum Gasteiger partial charge on any atom is -0.380 e. The molecule has 0 radical (unpaired) electrons. The van der Waals surface area contributed by atoms with Crippen LogP contribution in [-0.4, -0.2) is 31.1 Å². The predicted octanol–water partition coefficient (Wildman–Crippen LogP) is 3.71. The molecule has 1 saturated heterocycles. The Morgan fingerprint density at radius 3 is 2.76 bits per heavy atom. The molecule has 1 heterocycles. The first-order valence-electron chi connectivity index (χ1n) is 5.91. The van der Waals surface area contributed by atoms with Crippen molar-refractivity contribution in [3.05, 3.63) is 23.2 Å². The molecule has 0 bridgehead atoms. The van der Waals surface area contributed by atoms with Gasteiger partial charge >= 0.3 is 0 Å². The Morgan fingerprint density at radius 1 is 1.41 bits per heavy atom. The summed E-state index contributed by atoms with van der Waals surface area (Å²) in [5.41, 5.74) is 2.33. The van der Waals surface area contributed by atoms with Crippen LogP contribution in [0.5, 0.6) is 0 Å². The van der Waals surface area contributed by atoms with E-state index < -0.39 is 0 Å². The molecule has 1 aromatic rings. The van der Waals surface area contributed by atoms with Gasteiger partial charge in [0.25, 0.3) is 0 Å². The van der Waals surface area contributed by atoms with Crippen LogP contribution in [0, 0.1) is 0 Å². The zero-order valence-electron chi connectivity index (χ0n) is 10.5. The molecule has 1 N–H and O–H groups in total. The molecule has 94 valence electrons. The van der Waals surface area contributed by atoms with Crippen LogP contribution >= 0.6 is 23.4 Å². The fourth-order valence-corrected chi connectivity index (χ4v) is 3.47. The first kappa shape index (κ1) is 12.9. The van der Waals surface area contributed by atoms with Crippen LogP contribution in [0.1, 0.15) is 13.3 Å². The van der Waals surface area contributed by atoms with Crippen molar-refractivity contribution < 1.29 is 0 Å². The molecule has 1 aromatic carbocycles. The van der Waals surface area contributed by atoms with E-state index >= 15 is 0 Å². The lowest BCUT2D eigenvalue weighted by atomic mass is 10.1. The first-order valence-corrected chi connectivity index (χ1v) is 7.34. The number of nitrogens with one attached hydrogen (secondary N) is 1. The summed E-state index contributed by atoms with van der Waals surface area (Å²) in [4.78, 5) is 2.12. The molecule has 0 aromatic heterocycles. The second-order valence-corrected chi connectivity index (χ2v) is 6.68. The normalized spacial score (nSPS) is 23.8. The molecule has 0 saturated carbocycles. The van der Waals surface area contributed by atoms with E-state index in [0.717, 1.165) is 16.0 Å². The maximum atomic E-state index is 6.07. The number of halogens is 1.